The Labute approximate surface area is 170 Å². The molecule has 0 atom stereocenters. The van der Waals surface area contributed by atoms with Crippen LogP contribution in [0.5, 0.6) is 0 Å². The van der Waals surface area contributed by atoms with Crippen LogP contribution in [0.3, 0.4) is 0 Å². The minimum atomic E-state index is -0.433. The third-order valence-corrected chi connectivity index (χ3v) is 5.37. The monoisotopic (exact) mass is 415 g/mol. The number of amides is 2. The summed E-state index contributed by atoms with van der Waals surface area (Å²) in [4.78, 5) is 24.5. The summed E-state index contributed by atoms with van der Waals surface area (Å²) in [5.41, 5.74) is 5.82. The summed E-state index contributed by atoms with van der Waals surface area (Å²) in [7, 11) is 0. The number of benzene rings is 2. The lowest BCUT2D eigenvalue weighted by atomic mass is 10.2. The number of carbonyl (C=O) groups is 2. The van der Waals surface area contributed by atoms with E-state index < -0.39 is 11.8 Å². The van der Waals surface area contributed by atoms with E-state index in [0.29, 0.717) is 9.90 Å². The number of thiophene rings is 1. The third kappa shape index (κ3) is 4.91. The summed E-state index contributed by atoms with van der Waals surface area (Å²) in [6, 6.07) is 16.9. The van der Waals surface area contributed by atoms with Gasteiger partial charge in [-0.25, -0.2) is 0 Å². The molecule has 0 unspecified atom stereocenters. The summed E-state index contributed by atoms with van der Waals surface area (Å²) < 4.78 is 0.912. The molecule has 0 saturated heterocycles. The second-order valence-corrected chi connectivity index (χ2v) is 7.22. The van der Waals surface area contributed by atoms with E-state index in [-0.39, 0.29) is 5.11 Å². The molecule has 0 bridgehead atoms. The minimum absolute atomic E-state index is 0.0247. The Morgan fingerprint density at radius 3 is 2.44 bits per heavy atom. The minimum Gasteiger partial charge on any atom is -0.298 e. The van der Waals surface area contributed by atoms with Gasteiger partial charge in [0.1, 0.15) is 4.88 Å². The van der Waals surface area contributed by atoms with Crippen molar-refractivity contribution in [2.75, 3.05) is 0 Å². The lowest BCUT2D eigenvalue weighted by molar-refractivity contribution is -0.115. The zero-order valence-corrected chi connectivity index (χ0v) is 16.3. The molecule has 0 radical (unpaired) electrons. The van der Waals surface area contributed by atoms with Gasteiger partial charge in [0.25, 0.3) is 5.91 Å². The highest BCUT2D eigenvalue weighted by Crippen LogP contribution is 2.34. The lowest BCUT2D eigenvalue weighted by Gasteiger charge is -2.09. The van der Waals surface area contributed by atoms with Crippen molar-refractivity contribution in [1.82, 2.24) is 16.2 Å². The summed E-state index contributed by atoms with van der Waals surface area (Å²) in [5.74, 6) is -0.844. The fourth-order valence-electron chi connectivity index (χ4n) is 2.25. The molecule has 3 N–H and O–H groups in total. The number of hydrazine groups is 1. The maximum Gasteiger partial charge on any atom is 0.281 e. The van der Waals surface area contributed by atoms with E-state index in [2.05, 4.69) is 16.2 Å². The van der Waals surface area contributed by atoms with E-state index >= 15 is 0 Å². The molecule has 0 fully saturated rings. The molecule has 1 heterocycles. The molecule has 2 amide bonds. The van der Waals surface area contributed by atoms with Gasteiger partial charge >= 0.3 is 0 Å². The Hall–Kier alpha value is -2.74. The van der Waals surface area contributed by atoms with Crippen LogP contribution in [-0.4, -0.2) is 16.9 Å². The molecule has 0 spiro atoms. The normalized spacial score (nSPS) is 10.7. The van der Waals surface area contributed by atoms with Gasteiger partial charge in [-0.1, -0.05) is 60.1 Å². The second-order valence-electron chi connectivity index (χ2n) is 5.38. The maximum absolute atomic E-state index is 12.3. The van der Waals surface area contributed by atoms with Crippen LogP contribution >= 0.6 is 35.2 Å². The van der Waals surface area contributed by atoms with Crippen molar-refractivity contribution >= 4 is 68.2 Å². The Morgan fingerprint density at radius 1 is 1.00 bits per heavy atom. The number of hydrogen-bond acceptors (Lipinski definition) is 4. The van der Waals surface area contributed by atoms with Gasteiger partial charge in [-0.15, -0.1) is 11.3 Å². The molecular formula is C19H14ClN3O2S2. The highest BCUT2D eigenvalue weighted by molar-refractivity contribution is 7.80. The topological polar surface area (TPSA) is 70.2 Å². The zero-order valence-electron chi connectivity index (χ0n) is 13.9. The fraction of sp³-hybridized carbons (Fsp3) is 0. The number of halogens is 1. The number of hydrogen-bond donors (Lipinski definition) is 3. The first-order valence-electron chi connectivity index (χ1n) is 7.86. The standard InChI is InChI=1S/C19H14ClN3O2S2/c20-16-13-8-4-5-9-14(13)27-17(16)18(25)22-23-19(26)21-15(24)11-10-12-6-2-1-3-7-12/h1-11H,(H,22,25)(H2,21,23,24,26). The molecule has 0 aliphatic carbocycles. The molecule has 136 valence electrons. The van der Waals surface area contributed by atoms with E-state index in [9.17, 15) is 9.59 Å². The van der Waals surface area contributed by atoms with Gasteiger partial charge in [-0.2, -0.15) is 0 Å². The van der Waals surface area contributed by atoms with Gasteiger partial charge in [0.05, 0.1) is 5.02 Å². The summed E-state index contributed by atoms with van der Waals surface area (Å²) >= 11 is 12.5. The van der Waals surface area contributed by atoms with Gasteiger partial charge < -0.3 is 0 Å². The van der Waals surface area contributed by atoms with Gasteiger partial charge in [-0.3, -0.25) is 25.8 Å². The number of thiocarbonyl (C=S) groups is 1. The van der Waals surface area contributed by atoms with Crippen LogP contribution in [0.1, 0.15) is 15.2 Å². The molecule has 2 aromatic carbocycles. The van der Waals surface area contributed by atoms with Crippen molar-refractivity contribution in [1.29, 1.82) is 0 Å². The molecule has 3 rings (SSSR count). The largest absolute Gasteiger partial charge is 0.298 e. The van der Waals surface area contributed by atoms with Crippen LogP contribution in [0.15, 0.2) is 60.7 Å². The fourth-order valence-corrected chi connectivity index (χ4v) is 3.82. The van der Waals surface area contributed by atoms with Gasteiger partial charge in [0, 0.05) is 16.2 Å². The first-order chi connectivity index (χ1) is 13.0. The average molecular weight is 416 g/mol. The van der Waals surface area contributed by atoms with Gasteiger partial charge in [0.15, 0.2) is 5.11 Å². The molecule has 27 heavy (non-hydrogen) atoms. The predicted molar refractivity (Wildman–Crippen MR) is 114 cm³/mol. The molecule has 0 saturated carbocycles. The van der Waals surface area contributed by atoms with Crippen LogP contribution in [0.2, 0.25) is 5.02 Å². The predicted octanol–water partition coefficient (Wildman–Crippen LogP) is 3.90. The Morgan fingerprint density at radius 2 is 1.70 bits per heavy atom. The number of fused-ring (bicyclic) bond motifs is 1. The molecule has 3 aromatic rings. The van der Waals surface area contributed by atoms with E-state index in [1.807, 2.05) is 54.6 Å². The van der Waals surface area contributed by atoms with Crippen molar-refractivity contribution in [2.45, 2.75) is 0 Å². The van der Waals surface area contributed by atoms with Crippen LogP contribution in [-0.2, 0) is 4.79 Å². The van der Waals surface area contributed by atoms with Gasteiger partial charge in [-0.05, 0) is 29.9 Å². The molecule has 8 heteroatoms. The SMILES string of the molecule is O=C(C=Cc1ccccc1)NC(=S)NNC(=O)c1sc2ccccc2c1Cl. The molecular weight excluding hydrogens is 402 g/mol. The van der Waals surface area contributed by atoms with Crippen LogP contribution in [0.4, 0.5) is 0 Å². The number of nitrogens with one attached hydrogen (secondary N) is 3. The van der Waals surface area contributed by atoms with Crippen molar-refractivity contribution in [2.24, 2.45) is 0 Å². The maximum atomic E-state index is 12.3. The second kappa shape index (κ2) is 8.77. The third-order valence-electron chi connectivity index (χ3n) is 3.49. The number of rotatable bonds is 3. The first kappa shape index (κ1) is 19.0. The Balaban J connectivity index is 1.53. The Bertz CT molecular complexity index is 1030. The summed E-state index contributed by atoms with van der Waals surface area (Å²) in [6.45, 7) is 0. The van der Waals surface area contributed by atoms with Crippen molar-refractivity contribution in [3.05, 3.63) is 76.1 Å². The molecule has 1 aromatic heterocycles. The average Bonchev–Trinajstić information content (AvgIpc) is 3.02. The molecule has 5 nitrogen and oxygen atoms in total. The van der Waals surface area contributed by atoms with Crippen LogP contribution < -0.4 is 16.2 Å². The van der Waals surface area contributed by atoms with Crippen molar-refractivity contribution < 1.29 is 9.59 Å². The van der Waals surface area contributed by atoms with Crippen molar-refractivity contribution in [3.63, 3.8) is 0 Å². The van der Waals surface area contributed by atoms with E-state index in [1.54, 1.807) is 6.08 Å². The lowest BCUT2D eigenvalue weighted by Crippen LogP contribution is -2.48. The Kier molecular flexibility index (Phi) is 6.18. The summed E-state index contributed by atoms with van der Waals surface area (Å²) in [6.07, 6.45) is 3.02. The summed E-state index contributed by atoms with van der Waals surface area (Å²) in [5, 5.41) is 3.62. The molecule has 0 aliphatic rings. The molecule has 0 aliphatic heterocycles. The van der Waals surface area contributed by atoms with Crippen LogP contribution in [0, 0.1) is 0 Å². The first-order valence-corrected chi connectivity index (χ1v) is 9.46. The number of carbonyl (C=O) groups excluding carboxylic acids is 2. The zero-order chi connectivity index (χ0) is 19.2. The van der Waals surface area contributed by atoms with Crippen molar-refractivity contribution in [3.8, 4) is 0 Å². The quantitative estimate of drug-likeness (QED) is 0.344. The van der Waals surface area contributed by atoms with E-state index in [1.165, 1.54) is 17.4 Å². The van der Waals surface area contributed by atoms with Gasteiger partial charge in [0.2, 0.25) is 5.91 Å². The highest BCUT2D eigenvalue weighted by atomic mass is 35.5. The van der Waals surface area contributed by atoms with E-state index in [0.717, 1.165) is 15.6 Å². The highest BCUT2D eigenvalue weighted by Gasteiger charge is 2.17. The van der Waals surface area contributed by atoms with E-state index in [4.69, 9.17) is 23.8 Å². The van der Waals surface area contributed by atoms with Crippen LogP contribution in [0.25, 0.3) is 16.2 Å². The smallest absolute Gasteiger partial charge is 0.281 e.